The minimum Gasteiger partial charge on any atom is -0.339 e. The van der Waals surface area contributed by atoms with Crippen LogP contribution < -0.4 is 5.32 Å². The number of piperidine rings is 1. The third-order valence-corrected chi connectivity index (χ3v) is 5.87. The van der Waals surface area contributed by atoms with Gasteiger partial charge < -0.3 is 10.2 Å². The number of nitrogens with one attached hydrogen (secondary N) is 1. The number of fused-ring (bicyclic) bond motifs is 1. The van der Waals surface area contributed by atoms with Gasteiger partial charge in [0.2, 0.25) is 5.91 Å². The Balaban J connectivity index is 1.51. The van der Waals surface area contributed by atoms with Crippen molar-refractivity contribution >= 4 is 28.1 Å². The van der Waals surface area contributed by atoms with E-state index in [-0.39, 0.29) is 24.9 Å². The third kappa shape index (κ3) is 3.85. The number of halogens is 1. The third-order valence-electron chi connectivity index (χ3n) is 4.98. The van der Waals surface area contributed by atoms with Crippen molar-refractivity contribution in [1.29, 1.82) is 0 Å². The van der Waals surface area contributed by atoms with Crippen LogP contribution in [0.4, 0.5) is 4.39 Å². The molecule has 0 unspecified atom stereocenters. The quantitative estimate of drug-likeness (QED) is 0.723. The van der Waals surface area contributed by atoms with Crippen molar-refractivity contribution in [1.82, 2.24) is 30.4 Å². The second-order valence-corrected chi connectivity index (χ2v) is 8.08. The highest BCUT2D eigenvalue weighted by atomic mass is 32.1. The number of likely N-dealkylation sites (tertiary alicyclic amines) is 1. The molecule has 3 heterocycles. The topological polar surface area (TPSA) is 83.9 Å². The minimum absolute atomic E-state index is 0.0645. The summed E-state index contributed by atoms with van der Waals surface area (Å²) >= 11 is 1.52. The van der Waals surface area contributed by atoms with Gasteiger partial charge in [-0.2, -0.15) is 0 Å². The van der Waals surface area contributed by atoms with Gasteiger partial charge in [0.1, 0.15) is 22.0 Å². The summed E-state index contributed by atoms with van der Waals surface area (Å²) in [5.41, 5.74) is 1.68. The number of alkyl halides is 1. The molecule has 0 radical (unpaired) electrons. The number of hydrogen-bond donors (Lipinski definition) is 1. The van der Waals surface area contributed by atoms with Crippen molar-refractivity contribution in [2.45, 2.75) is 32.0 Å². The van der Waals surface area contributed by atoms with E-state index >= 15 is 0 Å². The fraction of sp³-hybridized carbons (Fsp3) is 0.421. The van der Waals surface area contributed by atoms with Crippen LogP contribution in [0.3, 0.4) is 0 Å². The van der Waals surface area contributed by atoms with E-state index in [0.717, 1.165) is 26.5 Å². The fourth-order valence-electron chi connectivity index (χ4n) is 3.40. The molecule has 1 N–H and O–H groups in total. The van der Waals surface area contributed by atoms with Gasteiger partial charge in [-0.25, -0.2) is 14.4 Å². The normalized spacial score (nSPS) is 19.9. The number of aryl methyl sites for hydroxylation is 1. The molecule has 0 spiro atoms. The number of hydrogen-bond acceptors (Lipinski definition) is 7. The summed E-state index contributed by atoms with van der Waals surface area (Å²) in [6.45, 7) is 2.56. The van der Waals surface area contributed by atoms with Crippen molar-refractivity contribution in [3.8, 4) is 10.6 Å². The Morgan fingerprint density at radius 1 is 1.39 bits per heavy atom. The number of rotatable bonds is 4. The molecule has 4 rings (SSSR count). The standard InChI is InChI=1S/C19H21FN6OS/c1-11-24-25-19(28-11)12-3-4-13-9-22-17(23-16(13)7-12)8-18(27)26-6-5-15(21-2)14(20)10-26/h3-4,7,9,14-15,21H,5-6,8,10H2,1-2H3/t14-,15-/m1/s1. The maximum absolute atomic E-state index is 14.1. The van der Waals surface area contributed by atoms with Gasteiger partial charge in [-0.15, -0.1) is 10.2 Å². The van der Waals surface area contributed by atoms with E-state index in [4.69, 9.17) is 0 Å². The maximum Gasteiger partial charge on any atom is 0.230 e. The lowest BCUT2D eigenvalue weighted by atomic mass is 10.0. The van der Waals surface area contributed by atoms with Crippen molar-refractivity contribution in [2.24, 2.45) is 0 Å². The molecule has 0 bridgehead atoms. The highest BCUT2D eigenvalue weighted by Crippen LogP contribution is 2.26. The Bertz CT molecular complexity index is 1010. The maximum atomic E-state index is 14.1. The zero-order valence-electron chi connectivity index (χ0n) is 15.7. The molecule has 2 atom stereocenters. The van der Waals surface area contributed by atoms with E-state index in [1.54, 1.807) is 18.1 Å². The smallest absolute Gasteiger partial charge is 0.230 e. The number of nitrogens with zero attached hydrogens (tertiary/aromatic N) is 5. The average Bonchev–Trinajstić information content (AvgIpc) is 3.13. The molecule has 1 amide bonds. The van der Waals surface area contributed by atoms with Gasteiger partial charge in [-0.1, -0.05) is 23.5 Å². The summed E-state index contributed by atoms with van der Waals surface area (Å²) in [7, 11) is 1.75. The van der Waals surface area contributed by atoms with Crippen LogP contribution in [0.2, 0.25) is 0 Å². The highest BCUT2D eigenvalue weighted by molar-refractivity contribution is 7.14. The Kier molecular flexibility index (Phi) is 5.27. The predicted octanol–water partition coefficient (Wildman–Crippen LogP) is 2.16. The molecule has 1 aliphatic rings. The number of aromatic nitrogens is 4. The van der Waals surface area contributed by atoms with Gasteiger partial charge in [-0.3, -0.25) is 4.79 Å². The summed E-state index contributed by atoms with van der Waals surface area (Å²) < 4.78 is 14.1. The zero-order chi connectivity index (χ0) is 19.7. The van der Waals surface area contributed by atoms with Crippen molar-refractivity contribution in [3.05, 3.63) is 35.2 Å². The van der Waals surface area contributed by atoms with Gasteiger partial charge in [0.25, 0.3) is 0 Å². The molecule has 9 heteroatoms. The molecule has 1 aromatic carbocycles. The second kappa shape index (κ2) is 7.84. The average molecular weight is 400 g/mol. The first-order valence-corrected chi connectivity index (χ1v) is 10.0. The van der Waals surface area contributed by atoms with Gasteiger partial charge in [0.05, 0.1) is 18.5 Å². The summed E-state index contributed by atoms with van der Waals surface area (Å²) in [5.74, 6) is 0.293. The molecule has 3 aromatic rings. The van der Waals surface area contributed by atoms with E-state index < -0.39 is 6.17 Å². The van der Waals surface area contributed by atoms with E-state index in [0.29, 0.717) is 18.8 Å². The Labute approximate surface area is 166 Å². The first-order chi connectivity index (χ1) is 13.5. The Hall–Kier alpha value is -2.52. The monoisotopic (exact) mass is 400 g/mol. The zero-order valence-corrected chi connectivity index (χ0v) is 16.5. The summed E-state index contributed by atoms with van der Waals surface area (Å²) in [5, 5.41) is 13.8. The van der Waals surface area contributed by atoms with Crippen LogP contribution in [-0.2, 0) is 11.2 Å². The largest absolute Gasteiger partial charge is 0.339 e. The van der Waals surface area contributed by atoms with Gasteiger partial charge in [0, 0.05) is 29.7 Å². The molecule has 2 aromatic heterocycles. The van der Waals surface area contributed by atoms with Crippen LogP contribution in [0.1, 0.15) is 17.3 Å². The first-order valence-electron chi connectivity index (χ1n) is 9.19. The van der Waals surface area contributed by atoms with E-state index in [1.807, 2.05) is 25.1 Å². The number of carbonyl (C=O) groups excluding carboxylic acids is 1. The van der Waals surface area contributed by atoms with Gasteiger partial charge in [-0.05, 0) is 26.5 Å². The lowest BCUT2D eigenvalue weighted by Crippen LogP contribution is -2.51. The molecule has 7 nitrogen and oxygen atoms in total. The molecule has 146 valence electrons. The van der Waals surface area contributed by atoms with Gasteiger partial charge >= 0.3 is 0 Å². The van der Waals surface area contributed by atoms with Crippen molar-refractivity contribution in [3.63, 3.8) is 0 Å². The molecule has 1 aliphatic heterocycles. The number of carbonyl (C=O) groups is 1. The lowest BCUT2D eigenvalue weighted by molar-refractivity contribution is -0.133. The predicted molar refractivity (Wildman–Crippen MR) is 106 cm³/mol. The van der Waals surface area contributed by atoms with Crippen LogP contribution in [0.5, 0.6) is 0 Å². The van der Waals surface area contributed by atoms with Crippen LogP contribution >= 0.6 is 11.3 Å². The van der Waals surface area contributed by atoms with Crippen LogP contribution in [0.15, 0.2) is 24.4 Å². The van der Waals surface area contributed by atoms with Crippen molar-refractivity contribution < 1.29 is 9.18 Å². The SMILES string of the molecule is CN[C@@H]1CCN(C(=O)Cc2ncc3ccc(-c4nnc(C)s4)cc3n2)C[C@H]1F. The van der Waals surface area contributed by atoms with E-state index in [9.17, 15) is 9.18 Å². The molecule has 0 saturated carbocycles. The lowest BCUT2D eigenvalue weighted by Gasteiger charge is -2.34. The Morgan fingerprint density at radius 2 is 2.25 bits per heavy atom. The van der Waals surface area contributed by atoms with Crippen LogP contribution in [0, 0.1) is 6.92 Å². The van der Waals surface area contributed by atoms with E-state index in [1.165, 1.54) is 11.3 Å². The number of amides is 1. The van der Waals surface area contributed by atoms with Crippen LogP contribution in [-0.4, -0.2) is 63.3 Å². The first kappa shape index (κ1) is 18.8. The molecule has 1 fully saturated rings. The van der Waals surface area contributed by atoms with Crippen LogP contribution in [0.25, 0.3) is 21.5 Å². The molecular weight excluding hydrogens is 379 g/mol. The summed E-state index contributed by atoms with van der Waals surface area (Å²) in [6.07, 6.45) is 1.32. The summed E-state index contributed by atoms with van der Waals surface area (Å²) in [6, 6.07) is 5.64. The highest BCUT2D eigenvalue weighted by Gasteiger charge is 2.30. The molecular formula is C19H21FN6OS. The summed E-state index contributed by atoms with van der Waals surface area (Å²) in [4.78, 5) is 23.0. The second-order valence-electron chi connectivity index (χ2n) is 6.90. The minimum atomic E-state index is -1.06. The van der Waals surface area contributed by atoms with Gasteiger partial charge in [0.15, 0.2) is 0 Å². The number of benzene rings is 1. The molecule has 1 saturated heterocycles. The van der Waals surface area contributed by atoms with E-state index in [2.05, 4.69) is 25.5 Å². The fourth-order valence-corrected chi connectivity index (χ4v) is 4.08. The molecule has 0 aliphatic carbocycles. The molecule has 28 heavy (non-hydrogen) atoms. The Morgan fingerprint density at radius 3 is 2.96 bits per heavy atom. The van der Waals surface area contributed by atoms with Crippen molar-refractivity contribution in [2.75, 3.05) is 20.1 Å².